The Balaban J connectivity index is 1.52. The molecule has 3 heterocycles. The first-order chi connectivity index (χ1) is 12.6. The number of likely N-dealkylation sites (tertiary alicyclic amines) is 1. The highest BCUT2D eigenvalue weighted by Crippen LogP contribution is 2.28. The van der Waals surface area contributed by atoms with Crippen LogP contribution in [-0.2, 0) is 6.54 Å². The topological polar surface area (TPSA) is 37.3 Å². The number of amides is 1. The lowest BCUT2D eigenvalue weighted by Gasteiger charge is -2.21. The van der Waals surface area contributed by atoms with Gasteiger partial charge in [-0.15, -0.1) is 0 Å². The molecule has 0 saturated carbocycles. The Labute approximate surface area is 156 Å². The summed E-state index contributed by atoms with van der Waals surface area (Å²) in [6.07, 6.45) is 2.26. The van der Waals surface area contributed by atoms with Gasteiger partial charge in [0.25, 0.3) is 5.91 Å². The van der Waals surface area contributed by atoms with E-state index in [1.54, 1.807) is 0 Å². The maximum Gasteiger partial charge on any atom is 0.255 e. The highest BCUT2D eigenvalue weighted by atomic mass is 16.2. The van der Waals surface area contributed by atoms with Gasteiger partial charge in [-0.3, -0.25) is 4.79 Å². The first-order valence-corrected chi connectivity index (χ1v) is 9.84. The molecule has 1 N–H and O–H groups in total. The van der Waals surface area contributed by atoms with Crippen LogP contribution >= 0.6 is 0 Å². The van der Waals surface area contributed by atoms with E-state index < -0.39 is 0 Å². The lowest BCUT2D eigenvalue weighted by atomic mass is 9.92. The van der Waals surface area contributed by atoms with Gasteiger partial charge in [0, 0.05) is 31.0 Å². The molecule has 0 radical (unpaired) electrons. The van der Waals surface area contributed by atoms with Gasteiger partial charge in [-0.2, -0.15) is 0 Å². The number of rotatable bonds is 3. The second-order valence-corrected chi connectivity index (χ2v) is 7.90. The van der Waals surface area contributed by atoms with Crippen molar-refractivity contribution in [1.29, 1.82) is 0 Å². The smallest absolute Gasteiger partial charge is 0.255 e. The minimum Gasteiger partial charge on any atom is -0.344 e. The lowest BCUT2D eigenvalue weighted by Crippen LogP contribution is -2.33. The summed E-state index contributed by atoms with van der Waals surface area (Å²) in [6.45, 7) is 9.04. The van der Waals surface area contributed by atoms with Gasteiger partial charge in [0.2, 0.25) is 0 Å². The van der Waals surface area contributed by atoms with Crippen LogP contribution < -0.4 is 5.32 Å². The minimum absolute atomic E-state index is 0.213. The van der Waals surface area contributed by atoms with Crippen molar-refractivity contribution in [3.05, 3.63) is 58.9 Å². The summed E-state index contributed by atoms with van der Waals surface area (Å²) in [6, 6.07) is 12.5. The first kappa shape index (κ1) is 17.3. The van der Waals surface area contributed by atoms with Crippen LogP contribution in [-0.4, -0.2) is 41.6 Å². The highest BCUT2D eigenvalue weighted by Gasteiger charge is 2.32. The third kappa shape index (κ3) is 3.30. The molecule has 2 aliphatic rings. The van der Waals surface area contributed by atoms with Gasteiger partial charge in [-0.25, -0.2) is 0 Å². The number of nitrogens with one attached hydrogen (secondary N) is 1. The van der Waals surface area contributed by atoms with E-state index in [0.717, 1.165) is 74.4 Å². The van der Waals surface area contributed by atoms with Crippen LogP contribution in [0.4, 0.5) is 0 Å². The molecule has 0 spiro atoms. The van der Waals surface area contributed by atoms with Crippen molar-refractivity contribution >= 4 is 5.91 Å². The van der Waals surface area contributed by atoms with Crippen molar-refractivity contribution in [2.24, 2.45) is 11.8 Å². The number of aryl methyl sites for hydroxylation is 1. The van der Waals surface area contributed by atoms with E-state index in [1.807, 2.05) is 6.07 Å². The Morgan fingerprint density at radius 2 is 1.73 bits per heavy atom. The molecule has 2 saturated heterocycles. The van der Waals surface area contributed by atoms with Crippen molar-refractivity contribution in [2.45, 2.75) is 33.2 Å². The number of fused-ring (bicyclic) bond motifs is 1. The molecule has 2 atom stereocenters. The number of nitrogens with zero attached hydrogens (tertiary/aromatic N) is 2. The largest absolute Gasteiger partial charge is 0.344 e. The monoisotopic (exact) mass is 351 g/mol. The number of aromatic nitrogens is 1. The van der Waals surface area contributed by atoms with E-state index in [4.69, 9.17) is 0 Å². The molecular weight excluding hydrogens is 322 g/mol. The Morgan fingerprint density at radius 3 is 2.38 bits per heavy atom. The molecule has 0 unspecified atom stereocenters. The number of benzene rings is 1. The average Bonchev–Trinajstić information content (AvgIpc) is 3.15. The standard InChI is InChI=1S/C22H29N3O/c1-16-12-21(17(2)25(16)15-18-6-4-3-5-7-18)22(26)24-10-8-19-13-23-14-20(19)9-11-24/h3-7,12,19-20,23H,8-11,13-15H2,1-2H3/t19-,20+. The fourth-order valence-corrected chi connectivity index (χ4v) is 4.62. The zero-order chi connectivity index (χ0) is 18.1. The molecule has 1 aromatic heterocycles. The zero-order valence-corrected chi connectivity index (χ0v) is 15.9. The normalized spacial score (nSPS) is 22.9. The Morgan fingerprint density at radius 1 is 1.08 bits per heavy atom. The summed E-state index contributed by atoms with van der Waals surface area (Å²) < 4.78 is 2.26. The van der Waals surface area contributed by atoms with E-state index in [-0.39, 0.29) is 5.91 Å². The van der Waals surface area contributed by atoms with Gasteiger partial charge in [0.1, 0.15) is 0 Å². The Kier molecular flexibility index (Phi) is 4.86. The van der Waals surface area contributed by atoms with Crippen LogP contribution in [0.3, 0.4) is 0 Å². The number of carbonyl (C=O) groups excluding carboxylic acids is 1. The molecule has 4 rings (SSSR count). The van der Waals surface area contributed by atoms with Gasteiger partial charge in [-0.1, -0.05) is 30.3 Å². The Bertz CT molecular complexity index is 766. The third-order valence-corrected chi connectivity index (χ3v) is 6.29. The number of hydrogen-bond acceptors (Lipinski definition) is 2. The summed E-state index contributed by atoms with van der Waals surface area (Å²) >= 11 is 0. The first-order valence-electron chi connectivity index (χ1n) is 9.84. The van der Waals surface area contributed by atoms with Crippen LogP contribution in [0.5, 0.6) is 0 Å². The quantitative estimate of drug-likeness (QED) is 0.922. The van der Waals surface area contributed by atoms with Crippen molar-refractivity contribution in [3.8, 4) is 0 Å². The SMILES string of the molecule is Cc1cc(C(=O)N2CC[C@@H]3CNC[C@@H]3CC2)c(C)n1Cc1ccccc1. The minimum atomic E-state index is 0.213. The van der Waals surface area contributed by atoms with Crippen LogP contribution in [0.2, 0.25) is 0 Å². The molecule has 26 heavy (non-hydrogen) atoms. The fourth-order valence-electron chi connectivity index (χ4n) is 4.62. The Hall–Kier alpha value is -2.07. The van der Waals surface area contributed by atoms with Crippen molar-refractivity contribution < 1.29 is 4.79 Å². The van der Waals surface area contributed by atoms with Crippen molar-refractivity contribution in [2.75, 3.05) is 26.2 Å². The van der Waals surface area contributed by atoms with Crippen molar-refractivity contribution in [1.82, 2.24) is 14.8 Å². The lowest BCUT2D eigenvalue weighted by molar-refractivity contribution is 0.0757. The molecule has 0 bridgehead atoms. The molecule has 1 amide bonds. The fraction of sp³-hybridized carbons (Fsp3) is 0.500. The van der Waals surface area contributed by atoms with Crippen molar-refractivity contribution in [3.63, 3.8) is 0 Å². The summed E-state index contributed by atoms with van der Waals surface area (Å²) in [5.41, 5.74) is 4.39. The molecule has 1 aromatic carbocycles. The molecule has 138 valence electrons. The van der Waals surface area contributed by atoms with E-state index >= 15 is 0 Å². The summed E-state index contributed by atoms with van der Waals surface area (Å²) in [7, 11) is 0. The maximum absolute atomic E-state index is 13.2. The summed E-state index contributed by atoms with van der Waals surface area (Å²) in [4.78, 5) is 15.3. The van der Waals surface area contributed by atoms with Gasteiger partial charge >= 0.3 is 0 Å². The predicted molar refractivity (Wildman–Crippen MR) is 104 cm³/mol. The molecule has 2 aromatic rings. The van der Waals surface area contributed by atoms with Crippen LogP contribution in [0.25, 0.3) is 0 Å². The number of carbonyl (C=O) groups is 1. The van der Waals surface area contributed by atoms with E-state index in [2.05, 4.69) is 59.0 Å². The van der Waals surface area contributed by atoms with E-state index in [1.165, 1.54) is 5.56 Å². The molecular formula is C22H29N3O. The molecule has 0 aliphatic carbocycles. The molecule has 2 aliphatic heterocycles. The highest BCUT2D eigenvalue weighted by molar-refractivity contribution is 5.95. The van der Waals surface area contributed by atoms with Gasteiger partial charge in [-0.05, 0) is 63.2 Å². The molecule has 4 heteroatoms. The second-order valence-electron chi connectivity index (χ2n) is 7.90. The zero-order valence-electron chi connectivity index (χ0n) is 15.9. The summed E-state index contributed by atoms with van der Waals surface area (Å²) in [5, 5.41) is 3.50. The average molecular weight is 351 g/mol. The van der Waals surface area contributed by atoms with Crippen LogP contribution in [0.15, 0.2) is 36.4 Å². The maximum atomic E-state index is 13.2. The van der Waals surface area contributed by atoms with Gasteiger partial charge < -0.3 is 14.8 Å². The predicted octanol–water partition coefficient (Wildman–Crippen LogP) is 3.22. The van der Waals surface area contributed by atoms with Crippen LogP contribution in [0, 0.1) is 25.7 Å². The van der Waals surface area contributed by atoms with Gasteiger partial charge in [0.05, 0.1) is 5.56 Å². The third-order valence-electron chi connectivity index (χ3n) is 6.29. The molecule has 4 nitrogen and oxygen atoms in total. The molecule has 2 fully saturated rings. The van der Waals surface area contributed by atoms with Gasteiger partial charge in [0.15, 0.2) is 0 Å². The van der Waals surface area contributed by atoms with E-state index in [9.17, 15) is 4.79 Å². The number of hydrogen-bond donors (Lipinski definition) is 1. The van der Waals surface area contributed by atoms with E-state index in [0.29, 0.717) is 0 Å². The second kappa shape index (κ2) is 7.28. The van der Waals surface area contributed by atoms with Crippen LogP contribution in [0.1, 0.15) is 40.2 Å². The summed E-state index contributed by atoms with van der Waals surface area (Å²) in [5.74, 6) is 1.71.